The highest BCUT2D eigenvalue weighted by molar-refractivity contribution is 7.71. The zero-order valence-corrected chi connectivity index (χ0v) is 10.4. The molecule has 3 heteroatoms. The Kier molecular flexibility index (Phi) is 3.53. The number of aromatic nitrogens is 2. The highest BCUT2D eigenvalue weighted by Gasteiger charge is 2.16. The molecule has 0 saturated heterocycles. The third-order valence-corrected chi connectivity index (χ3v) is 2.67. The average Bonchev–Trinajstić information content (AvgIpc) is 2.43. The number of aryl methyl sites for hydroxylation is 1. The van der Waals surface area contributed by atoms with Crippen LogP contribution in [0.3, 0.4) is 0 Å². The maximum absolute atomic E-state index is 5.29. The van der Waals surface area contributed by atoms with E-state index in [1.54, 1.807) is 0 Å². The number of aromatic amines is 1. The second-order valence-electron chi connectivity index (χ2n) is 4.76. The third kappa shape index (κ3) is 2.71. The normalized spacial score (nSPS) is 12.0. The summed E-state index contributed by atoms with van der Waals surface area (Å²) < 4.78 is 2.99. The lowest BCUT2D eigenvalue weighted by Gasteiger charge is -2.15. The topological polar surface area (TPSA) is 20.7 Å². The molecule has 0 aliphatic heterocycles. The molecule has 80 valence electrons. The van der Waals surface area contributed by atoms with Crippen molar-refractivity contribution in [3.63, 3.8) is 0 Å². The third-order valence-electron chi connectivity index (χ3n) is 2.33. The molecule has 0 aliphatic rings. The summed E-state index contributed by atoms with van der Waals surface area (Å²) in [5, 5.41) is 3.37. The molecule has 0 bridgehead atoms. The van der Waals surface area contributed by atoms with Crippen LogP contribution in [0.15, 0.2) is 6.07 Å². The SMILES string of the molecule is CCCCn1[nH]c(C(C)(C)C)cc1=S. The van der Waals surface area contributed by atoms with E-state index in [-0.39, 0.29) is 5.41 Å². The first kappa shape index (κ1) is 11.5. The fourth-order valence-electron chi connectivity index (χ4n) is 1.30. The Balaban J connectivity index is 2.88. The number of unbranched alkanes of at least 4 members (excludes halogenated alkanes) is 1. The Morgan fingerprint density at radius 1 is 1.43 bits per heavy atom. The van der Waals surface area contributed by atoms with E-state index in [1.807, 2.05) is 0 Å². The first-order valence-electron chi connectivity index (χ1n) is 5.25. The summed E-state index contributed by atoms with van der Waals surface area (Å²) in [4.78, 5) is 0. The van der Waals surface area contributed by atoms with Crippen molar-refractivity contribution in [3.05, 3.63) is 16.4 Å². The summed E-state index contributed by atoms with van der Waals surface area (Å²) in [6.07, 6.45) is 2.38. The maximum Gasteiger partial charge on any atom is 0.122 e. The Morgan fingerprint density at radius 2 is 2.07 bits per heavy atom. The van der Waals surface area contributed by atoms with Gasteiger partial charge < -0.3 is 5.10 Å². The van der Waals surface area contributed by atoms with E-state index in [4.69, 9.17) is 12.2 Å². The van der Waals surface area contributed by atoms with Crippen LogP contribution in [0.5, 0.6) is 0 Å². The molecule has 0 spiro atoms. The standard InChI is InChI=1S/C11H20N2S/c1-5-6-7-13-10(14)8-9(12-13)11(2,3)4/h8,12H,5-7H2,1-4H3. The number of hydrogen-bond donors (Lipinski definition) is 1. The maximum atomic E-state index is 5.29. The quantitative estimate of drug-likeness (QED) is 0.759. The van der Waals surface area contributed by atoms with E-state index in [9.17, 15) is 0 Å². The van der Waals surface area contributed by atoms with Gasteiger partial charge in [0, 0.05) is 17.7 Å². The van der Waals surface area contributed by atoms with Crippen molar-refractivity contribution in [1.29, 1.82) is 0 Å². The van der Waals surface area contributed by atoms with Crippen molar-refractivity contribution in [2.24, 2.45) is 0 Å². The summed E-state index contributed by atoms with van der Waals surface area (Å²) in [6.45, 7) is 9.77. The van der Waals surface area contributed by atoms with Crippen LogP contribution in [0.2, 0.25) is 0 Å². The molecule has 0 amide bonds. The van der Waals surface area contributed by atoms with Gasteiger partial charge in [-0.2, -0.15) is 0 Å². The molecule has 1 aromatic rings. The molecule has 0 radical (unpaired) electrons. The predicted molar refractivity (Wildman–Crippen MR) is 63.2 cm³/mol. The molecule has 2 nitrogen and oxygen atoms in total. The fraction of sp³-hybridized carbons (Fsp3) is 0.727. The molecule has 0 saturated carbocycles. The van der Waals surface area contributed by atoms with Crippen molar-refractivity contribution in [2.45, 2.75) is 52.5 Å². The minimum Gasteiger partial charge on any atom is -0.301 e. The number of nitrogens with zero attached hydrogens (tertiary/aromatic N) is 1. The minimum atomic E-state index is 0.158. The zero-order valence-electron chi connectivity index (χ0n) is 9.55. The fourth-order valence-corrected chi connectivity index (χ4v) is 1.56. The molecule has 0 unspecified atom stereocenters. The second-order valence-corrected chi connectivity index (χ2v) is 5.18. The molecule has 1 heterocycles. The summed E-state index contributed by atoms with van der Waals surface area (Å²) in [7, 11) is 0. The Labute approximate surface area is 91.3 Å². The van der Waals surface area contributed by atoms with Gasteiger partial charge in [0.25, 0.3) is 0 Å². The van der Waals surface area contributed by atoms with Crippen molar-refractivity contribution in [1.82, 2.24) is 9.78 Å². The van der Waals surface area contributed by atoms with Crippen LogP contribution >= 0.6 is 12.2 Å². The van der Waals surface area contributed by atoms with Crippen LogP contribution in [0.1, 0.15) is 46.2 Å². The van der Waals surface area contributed by atoms with Crippen molar-refractivity contribution in [2.75, 3.05) is 0 Å². The average molecular weight is 212 g/mol. The van der Waals surface area contributed by atoms with Gasteiger partial charge in [-0.25, -0.2) is 0 Å². The summed E-state index contributed by atoms with van der Waals surface area (Å²) in [5.74, 6) is 0. The van der Waals surface area contributed by atoms with Gasteiger partial charge >= 0.3 is 0 Å². The summed E-state index contributed by atoms with van der Waals surface area (Å²) >= 11 is 5.29. The largest absolute Gasteiger partial charge is 0.301 e. The van der Waals surface area contributed by atoms with E-state index < -0.39 is 0 Å². The zero-order chi connectivity index (χ0) is 10.8. The highest BCUT2D eigenvalue weighted by atomic mass is 32.1. The van der Waals surface area contributed by atoms with Gasteiger partial charge in [-0.3, -0.25) is 4.68 Å². The van der Waals surface area contributed by atoms with E-state index in [2.05, 4.69) is 43.5 Å². The van der Waals surface area contributed by atoms with Crippen molar-refractivity contribution >= 4 is 12.2 Å². The van der Waals surface area contributed by atoms with Crippen molar-refractivity contribution < 1.29 is 0 Å². The van der Waals surface area contributed by atoms with Crippen LogP contribution in [0, 0.1) is 4.64 Å². The Morgan fingerprint density at radius 3 is 2.50 bits per heavy atom. The first-order valence-corrected chi connectivity index (χ1v) is 5.66. The summed E-state index contributed by atoms with van der Waals surface area (Å²) in [5.41, 5.74) is 1.38. The van der Waals surface area contributed by atoms with Crippen LogP contribution in [-0.2, 0) is 12.0 Å². The molecule has 1 rings (SSSR count). The lowest BCUT2D eigenvalue weighted by atomic mass is 9.93. The van der Waals surface area contributed by atoms with E-state index in [0.29, 0.717) is 0 Å². The van der Waals surface area contributed by atoms with Gasteiger partial charge in [0.05, 0.1) is 0 Å². The Hall–Kier alpha value is -0.570. The lowest BCUT2D eigenvalue weighted by molar-refractivity contribution is 0.517. The molecule has 0 aromatic carbocycles. The second kappa shape index (κ2) is 4.30. The number of rotatable bonds is 3. The van der Waals surface area contributed by atoms with Gasteiger partial charge in [0.2, 0.25) is 0 Å². The van der Waals surface area contributed by atoms with E-state index in [1.165, 1.54) is 18.5 Å². The monoisotopic (exact) mass is 212 g/mol. The van der Waals surface area contributed by atoms with Gasteiger partial charge in [0.15, 0.2) is 0 Å². The molecule has 0 fully saturated rings. The van der Waals surface area contributed by atoms with Crippen LogP contribution in [-0.4, -0.2) is 9.78 Å². The lowest BCUT2D eigenvalue weighted by Crippen LogP contribution is -2.13. The van der Waals surface area contributed by atoms with Crippen LogP contribution in [0.25, 0.3) is 0 Å². The van der Waals surface area contributed by atoms with Gasteiger partial charge in [-0.05, 0) is 12.5 Å². The van der Waals surface area contributed by atoms with Gasteiger partial charge in [-0.15, -0.1) is 0 Å². The number of nitrogens with one attached hydrogen (secondary N) is 1. The number of hydrogen-bond acceptors (Lipinski definition) is 1. The smallest absolute Gasteiger partial charge is 0.122 e. The summed E-state index contributed by atoms with van der Waals surface area (Å²) in [6, 6.07) is 2.07. The highest BCUT2D eigenvalue weighted by Crippen LogP contribution is 2.20. The molecule has 1 aromatic heterocycles. The van der Waals surface area contributed by atoms with Crippen LogP contribution < -0.4 is 0 Å². The van der Waals surface area contributed by atoms with E-state index >= 15 is 0 Å². The van der Waals surface area contributed by atoms with Crippen LogP contribution in [0.4, 0.5) is 0 Å². The van der Waals surface area contributed by atoms with Gasteiger partial charge in [-0.1, -0.05) is 46.3 Å². The first-order chi connectivity index (χ1) is 6.45. The Bertz CT molecular complexity index is 341. The van der Waals surface area contributed by atoms with E-state index in [0.717, 1.165) is 11.2 Å². The molecule has 0 aliphatic carbocycles. The molecule has 1 N–H and O–H groups in total. The molecular formula is C11H20N2S. The molecule has 0 atom stereocenters. The minimum absolute atomic E-state index is 0.158. The van der Waals surface area contributed by atoms with Gasteiger partial charge in [0.1, 0.15) is 4.64 Å². The molecule has 14 heavy (non-hydrogen) atoms. The predicted octanol–water partition coefficient (Wildman–Crippen LogP) is 3.64. The molecular weight excluding hydrogens is 192 g/mol. The van der Waals surface area contributed by atoms with Crippen molar-refractivity contribution in [3.8, 4) is 0 Å². The number of H-pyrrole nitrogens is 1.